The molecule has 0 radical (unpaired) electrons. The van der Waals surface area contributed by atoms with Crippen molar-refractivity contribution in [3.05, 3.63) is 107 Å². The number of carbonyl (C=O) groups excluding carboxylic acids is 1. The number of carbonyl (C=O) groups is 1. The van der Waals surface area contributed by atoms with E-state index in [9.17, 15) is 13.2 Å². The van der Waals surface area contributed by atoms with E-state index < -0.39 is 16.1 Å². The zero-order valence-corrected chi connectivity index (χ0v) is 20.4. The monoisotopic (exact) mass is 527 g/mol. The van der Waals surface area contributed by atoms with Crippen molar-refractivity contribution >= 4 is 56.3 Å². The Labute approximate surface area is 212 Å². The topological polar surface area (TPSA) is 96.5 Å². The van der Waals surface area contributed by atoms with E-state index in [4.69, 9.17) is 27.9 Å². The molecule has 178 valence electrons. The third-order valence-electron chi connectivity index (χ3n) is 4.67. The van der Waals surface area contributed by atoms with E-state index in [2.05, 4.69) is 15.4 Å². The van der Waals surface area contributed by atoms with Gasteiger partial charge in [0.15, 0.2) is 0 Å². The molecule has 0 spiro atoms. The number of urea groups is 1. The summed E-state index contributed by atoms with van der Waals surface area (Å²) in [5, 5.41) is 5.93. The van der Waals surface area contributed by atoms with Crippen molar-refractivity contribution in [2.24, 2.45) is 0 Å². The van der Waals surface area contributed by atoms with E-state index in [0.29, 0.717) is 27.9 Å². The number of para-hydroxylation sites is 1. The van der Waals surface area contributed by atoms with Gasteiger partial charge in [0, 0.05) is 17.4 Å². The molecule has 2 amide bonds. The normalized spacial score (nSPS) is 10.9. The number of nitrogens with one attached hydrogen (secondary N) is 3. The van der Waals surface area contributed by atoms with E-state index in [0.717, 1.165) is 0 Å². The second-order valence-corrected chi connectivity index (χ2v) is 9.78. The average molecular weight is 528 g/mol. The van der Waals surface area contributed by atoms with Gasteiger partial charge in [-0.2, -0.15) is 0 Å². The summed E-state index contributed by atoms with van der Waals surface area (Å²) in [6.07, 6.45) is 0. The highest BCUT2D eigenvalue weighted by Gasteiger charge is 2.15. The van der Waals surface area contributed by atoms with Crippen LogP contribution in [0.3, 0.4) is 0 Å². The first-order valence-corrected chi connectivity index (χ1v) is 12.5. The number of halogens is 2. The predicted octanol–water partition coefficient (Wildman–Crippen LogP) is 7.23. The zero-order valence-electron chi connectivity index (χ0n) is 18.0. The van der Waals surface area contributed by atoms with Crippen LogP contribution < -0.4 is 20.1 Å². The van der Waals surface area contributed by atoms with Crippen LogP contribution in [0.25, 0.3) is 0 Å². The summed E-state index contributed by atoms with van der Waals surface area (Å²) < 4.78 is 33.5. The molecule has 0 atom stereocenters. The van der Waals surface area contributed by atoms with Crippen molar-refractivity contribution in [1.29, 1.82) is 0 Å². The predicted molar refractivity (Wildman–Crippen MR) is 139 cm³/mol. The molecule has 4 aromatic carbocycles. The second kappa shape index (κ2) is 10.7. The Hall–Kier alpha value is -3.72. The first-order chi connectivity index (χ1) is 16.8. The van der Waals surface area contributed by atoms with Gasteiger partial charge in [0.1, 0.15) is 11.5 Å². The molecule has 3 N–H and O–H groups in total. The first kappa shape index (κ1) is 24.4. The van der Waals surface area contributed by atoms with E-state index in [1.54, 1.807) is 24.3 Å². The van der Waals surface area contributed by atoms with Crippen LogP contribution in [0.5, 0.6) is 11.5 Å². The minimum absolute atomic E-state index is 0.0142. The number of rotatable bonds is 7. The molecular weight excluding hydrogens is 509 g/mol. The van der Waals surface area contributed by atoms with Gasteiger partial charge in [-0.15, -0.1) is 0 Å². The van der Waals surface area contributed by atoms with Gasteiger partial charge in [0.25, 0.3) is 10.0 Å². The fraction of sp³-hybridized carbons (Fsp3) is 0. The van der Waals surface area contributed by atoms with Crippen LogP contribution in [0.15, 0.2) is 102 Å². The van der Waals surface area contributed by atoms with Crippen LogP contribution in [0.1, 0.15) is 0 Å². The second-order valence-electron chi connectivity index (χ2n) is 7.28. The molecule has 0 heterocycles. The number of anilines is 3. The summed E-state index contributed by atoms with van der Waals surface area (Å²) >= 11 is 11.8. The molecule has 7 nitrogen and oxygen atoms in total. The summed E-state index contributed by atoms with van der Waals surface area (Å²) in [5.41, 5.74) is 1.22. The molecule has 0 aliphatic carbocycles. The van der Waals surface area contributed by atoms with Gasteiger partial charge in [0.05, 0.1) is 20.6 Å². The Bertz CT molecular complexity index is 1450. The zero-order chi connectivity index (χ0) is 24.8. The van der Waals surface area contributed by atoms with Gasteiger partial charge in [-0.05, 0) is 66.7 Å². The molecule has 0 fully saturated rings. The molecule has 0 bridgehead atoms. The fourth-order valence-electron chi connectivity index (χ4n) is 3.05. The van der Waals surface area contributed by atoms with Crippen molar-refractivity contribution < 1.29 is 17.9 Å². The maximum Gasteiger partial charge on any atom is 0.323 e. The summed E-state index contributed by atoms with van der Waals surface area (Å²) in [4.78, 5) is 12.4. The number of hydrogen-bond donors (Lipinski definition) is 3. The molecule has 0 unspecified atom stereocenters. The highest BCUT2D eigenvalue weighted by molar-refractivity contribution is 7.92. The lowest BCUT2D eigenvalue weighted by atomic mass is 10.3. The maximum absolute atomic E-state index is 12.6. The number of hydrogen-bond acceptors (Lipinski definition) is 4. The van der Waals surface area contributed by atoms with Crippen LogP contribution in [-0.2, 0) is 10.0 Å². The van der Waals surface area contributed by atoms with Crippen molar-refractivity contribution in [3.63, 3.8) is 0 Å². The lowest BCUT2D eigenvalue weighted by Crippen LogP contribution is -2.19. The summed E-state index contributed by atoms with van der Waals surface area (Å²) in [7, 11) is -3.86. The number of ether oxygens (including phenoxy) is 1. The number of amides is 2. The molecular formula is C25H19Cl2N3O4S. The molecule has 4 aromatic rings. The fourth-order valence-corrected chi connectivity index (χ4v) is 4.39. The number of sulfonamides is 1. The van der Waals surface area contributed by atoms with E-state index in [1.807, 2.05) is 30.3 Å². The smallest absolute Gasteiger partial charge is 0.323 e. The van der Waals surface area contributed by atoms with E-state index in [1.165, 1.54) is 42.5 Å². The number of benzene rings is 4. The van der Waals surface area contributed by atoms with Crippen LogP contribution in [0, 0.1) is 0 Å². The molecule has 0 aliphatic rings. The Morgan fingerprint density at radius 1 is 0.657 bits per heavy atom. The van der Waals surface area contributed by atoms with Gasteiger partial charge in [-0.1, -0.05) is 47.5 Å². The Balaban J connectivity index is 1.37. The SMILES string of the molecule is O=C(Nc1ccc(S(=O)(=O)Nc2ccc(Cl)c(Cl)c2)cc1)Nc1cccc(Oc2ccccc2)c1. The van der Waals surface area contributed by atoms with Crippen LogP contribution in [-0.4, -0.2) is 14.4 Å². The molecule has 0 aromatic heterocycles. The Morgan fingerprint density at radius 3 is 2.03 bits per heavy atom. The maximum atomic E-state index is 12.6. The van der Waals surface area contributed by atoms with Crippen molar-refractivity contribution in [2.75, 3.05) is 15.4 Å². The van der Waals surface area contributed by atoms with E-state index in [-0.39, 0.29) is 15.6 Å². The first-order valence-electron chi connectivity index (χ1n) is 10.3. The summed E-state index contributed by atoms with van der Waals surface area (Å²) in [5.74, 6) is 1.25. The molecule has 0 saturated heterocycles. The standard InChI is InChI=1S/C25H19Cl2N3O4S/c26-23-14-11-19(16-24(23)27)30-35(32,33)22-12-9-17(10-13-22)28-25(31)29-18-5-4-8-21(15-18)34-20-6-2-1-3-7-20/h1-16,30H,(H2,28,29,31). The minimum atomic E-state index is -3.86. The van der Waals surface area contributed by atoms with Crippen molar-refractivity contribution in [2.45, 2.75) is 4.90 Å². The largest absolute Gasteiger partial charge is 0.457 e. The lowest BCUT2D eigenvalue weighted by molar-refractivity contribution is 0.262. The van der Waals surface area contributed by atoms with Gasteiger partial charge in [-0.3, -0.25) is 4.72 Å². The third kappa shape index (κ3) is 6.66. The summed E-state index contributed by atoms with van der Waals surface area (Å²) in [6.45, 7) is 0. The highest BCUT2D eigenvalue weighted by Crippen LogP contribution is 2.27. The van der Waals surface area contributed by atoms with Gasteiger partial charge in [0.2, 0.25) is 0 Å². The Kier molecular flexibility index (Phi) is 7.45. The van der Waals surface area contributed by atoms with Gasteiger partial charge in [-0.25, -0.2) is 13.2 Å². The lowest BCUT2D eigenvalue weighted by Gasteiger charge is -2.11. The van der Waals surface area contributed by atoms with Gasteiger partial charge < -0.3 is 15.4 Å². The quantitative estimate of drug-likeness (QED) is 0.236. The van der Waals surface area contributed by atoms with Gasteiger partial charge >= 0.3 is 6.03 Å². The van der Waals surface area contributed by atoms with Crippen LogP contribution in [0.2, 0.25) is 10.0 Å². The Morgan fingerprint density at radius 2 is 1.31 bits per heavy atom. The molecule has 4 rings (SSSR count). The van der Waals surface area contributed by atoms with Crippen molar-refractivity contribution in [1.82, 2.24) is 0 Å². The third-order valence-corrected chi connectivity index (χ3v) is 6.80. The average Bonchev–Trinajstić information content (AvgIpc) is 2.82. The molecule has 0 aliphatic heterocycles. The molecule has 35 heavy (non-hydrogen) atoms. The molecule has 0 saturated carbocycles. The van der Waals surface area contributed by atoms with Crippen molar-refractivity contribution in [3.8, 4) is 11.5 Å². The van der Waals surface area contributed by atoms with Crippen LogP contribution >= 0.6 is 23.2 Å². The van der Waals surface area contributed by atoms with Crippen LogP contribution in [0.4, 0.5) is 21.9 Å². The molecule has 10 heteroatoms. The summed E-state index contributed by atoms with van der Waals surface area (Å²) in [6, 6.07) is 25.9. The minimum Gasteiger partial charge on any atom is -0.457 e. The van der Waals surface area contributed by atoms with E-state index >= 15 is 0 Å². The highest BCUT2D eigenvalue weighted by atomic mass is 35.5.